The number of carbonyl (C=O) groups is 14. The highest BCUT2D eigenvalue weighted by Gasteiger charge is 2.37. The van der Waals surface area contributed by atoms with Crippen LogP contribution < -0.4 is 65.9 Å². The Morgan fingerprint density at radius 3 is 1.30 bits per heavy atom. The van der Waals surface area contributed by atoms with E-state index in [9.17, 15) is 72.2 Å². The van der Waals surface area contributed by atoms with Crippen LogP contribution >= 0.6 is 0 Å². The molecule has 2 saturated heterocycles. The van der Waals surface area contributed by atoms with Gasteiger partial charge in [0.1, 0.15) is 29.1 Å². The van der Waals surface area contributed by atoms with E-state index in [1.807, 2.05) is 156 Å². The Balaban J connectivity index is 0.000000419. The van der Waals surface area contributed by atoms with Crippen LogP contribution in [0, 0.1) is 41.4 Å². The number of nitrogens with zero attached hydrogens (tertiary/aromatic N) is 1. The number of Topliss-reactive ketones (excluding diaryl/α,β-unsaturated/α-hetero) is 4. The standard InChI is InChI=1S/C41H61N7O6.C37H53N3O7.C15H27N3O4/c1-27(2)21-31(25-37(50)35(23-29-13-7-4-8-14-29)47-40(53)33(44)22-28-11-5-3-6-12-28)39(52)46-34(15-9-10-18-42)41(54)48-19-16-30(17-20-48)24-36(49)32(43)26-38(45)51;1-25(2)21-29(34(43)39-30(35(44)45)19-13-14-20-38-36(46)47-37(4,5)6)24-32(41)31(23-28-17-11-8-12-18-28)40-33(42)26(3)22-27-15-9-7-10-16-27;1-15(2,3)22-14(21)18-11(9-13(16)20)12(19)8-10-4-6-17-7-5-10/h3-8,11-14,27,30-35H,9-10,15-26,42-44H2,1-2H3,(H2,45,51)(H,46,52)(H,47,53);7-12,15-18,25-26,29-31H,13-14,19-24H2,1-6H3,(H,38,46)(H,39,43)(H,40,42)(H,44,45);10-11,17H,4-9H2,1-3H3,(H2,16,20)(H,18,21)/t31-,32-,33+,34+,35+;26-,29+,30-,31-;11-/m010/s1. The molecule has 9 amide bonds. The van der Waals surface area contributed by atoms with Crippen molar-refractivity contribution in [2.24, 2.45) is 70.1 Å². The molecule has 0 spiro atoms. The number of benzene rings is 4. The first-order valence-corrected chi connectivity index (χ1v) is 43.5. The largest absolute Gasteiger partial charge is 0.480 e. The number of nitrogens with one attached hydrogen (secondary N) is 7. The van der Waals surface area contributed by atoms with Crippen LogP contribution in [-0.2, 0) is 92.7 Å². The fourth-order valence-electron chi connectivity index (χ4n) is 14.6. The van der Waals surface area contributed by atoms with Gasteiger partial charge in [0.2, 0.25) is 41.4 Å². The molecule has 0 bridgehead atoms. The van der Waals surface area contributed by atoms with E-state index in [1.165, 1.54) is 0 Å². The van der Waals surface area contributed by atoms with Crippen molar-refractivity contribution in [2.75, 3.05) is 39.3 Å². The van der Waals surface area contributed by atoms with E-state index in [0.29, 0.717) is 103 Å². The molecular formula is C93H141N13O17. The van der Waals surface area contributed by atoms with Crippen LogP contribution in [0.1, 0.15) is 214 Å². The number of amides is 9. The SMILES string of the molecule is CC(C)(C)OC(=O)N[C@@H](CC(N)=O)C(=O)CC1CCNCC1.CC(C)C[C@@H](CC(=O)[C@@H](Cc1ccccc1)NC(=O)[C@H](C)Cc1ccccc1)C(=O)N[C@H](CCCCNC(=O)OC(C)(C)C)C(=O)O.CC(C)C[C@@H](CC(=O)[C@@H](Cc1ccccc1)NC(=O)[C@H](N)Cc1ccccc1)C(=O)N[C@H](CCCCN)C(=O)N1CCC(CC(=O)[C@@H](N)CC(N)=O)CC1. The second-order valence-electron chi connectivity index (χ2n) is 35.5. The molecule has 18 N–H and O–H groups in total. The van der Waals surface area contributed by atoms with Gasteiger partial charge < -0.3 is 85.4 Å². The summed E-state index contributed by atoms with van der Waals surface area (Å²) in [5.41, 5.74) is 30.6. The van der Waals surface area contributed by atoms with Gasteiger partial charge in [-0.15, -0.1) is 0 Å². The minimum Gasteiger partial charge on any atom is -0.480 e. The van der Waals surface area contributed by atoms with Gasteiger partial charge in [-0.1, -0.05) is 156 Å². The molecule has 30 nitrogen and oxygen atoms in total. The van der Waals surface area contributed by atoms with Gasteiger partial charge in [0.05, 0.1) is 36.6 Å². The zero-order valence-corrected chi connectivity index (χ0v) is 74.2. The molecule has 0 saturated carbocycles. The first-order valence-electron chi connectivity index (χ1n) is 43.5. The smallest absolute Gasteiger partial charge is 0.408 e. The molecule has 680 valence electrons. The molecule has 30 heteroatoms. The van der Waals surface area contributed by atoms with Crippen LogP contribution in [-0.4, -0.2) is 185 Å². The van der Waals surface area contributed by atoms with Crippen LogP contribution in [0.15, 0.2) is 121 Å². The number of ketones is 4. The molecule has 0 aromatic heterocycles. The number of piperidine rings is 2. The van der Waals surface area contributed by atoms with Gasteiger partial charge in [0, 0.05) is 69.5 Å². The molecule has 0 unspecified atom stereocenters. The lowest BCUT2D eigenvalue weighted by atomic mass is 9.87. The number of hydrogen-bond acceptors (Lipinski definition) is 20. The zero-order chi connectivity index (χ0) is 91.4. The van der Waals surface area contributed by atoms with Crippen molar-refractivity contribution in [1.82, 2.24) is 42.1 Å². The number of nitrogens with two attached hydrogens (primary N) is 5. The lowest BCUT2D eigenvalue weighted by molar-refractivity contribution is -0.143. The average molecular weight is 1710 g/mol. The Bertz CT molecular complexity index is 3960. The third-order valence-electron chi connectivity index (χ3n) is 21.0. The first kappa shape index (κ1) is 105. The lowest BCUT2D eigenvalue weighted by Gasteiger charge is -2.35. The zero-order valence-electron chi connectivity index (χ0n) is 74.2. The van der Waals surface area contributed by atoms with E-state index < -0.39 is 113 Å². The van der Waals surface area contributed by atoms with Crippen LogP contribution in [0.4, 0.5) is 9.59 Å². The van der Waals surface area contributed by atoms with Crippen LogP contribution in [0.5, 0.6) is 0 Å². The molecular weight excluding hydrogens is 1570 g/mol. The molecule has 2 heterocycles. The molecule has 10 atom stereocenters. The monoisotopic (exact) mass is 1710 g/mol. The summed E-state index contributed by atoms with van der Waals surface area (Å²) >= 11 is 0. The molecule has 4 aromatic carbocycles. The molecule has 4 aromatic rings. The predicted molar refractivity (Wildman–Crippen MR) is 472 cm³/mol. The number of unbranched alkanes of at least 4 members (excludes halogenated alkanes) is 2. The summed E-state index contributed by atoms with van der Waals surface area (Å²) in [6, 6.07) is 31.4. The van der Waals surface area contributed by atoms with Gasteiger partial charge in [0.25, 0.3) is 0 Å². The third kappa shape index (κ3) is 44.0. The Hall–Kier alpha value is -10.3. The number of rotatable bonds is 48. The Morgan fingerprint density at radius 2 is 0.854 bits per heavy atom. The van der Waals surface area contributed by atoms with Crippen molar-refractivity contribution in [2.45, 2.75) is 271 Å². The summed E-state index contributed by atoms with van der Waals surface area (Å²) in [6.45, 7) is 23.4. The molecule has 123 heavy (non-hydrogen) atoms. The van der Waals surface area contributed by atoms with Gasteiger partial charge in [-0.3, -0.25) is 52.7 Å². The van der Waals surface area contributed by atoms with Crippen LogP contribution in [0.3, 0.4) is 0 Å². The number of ether oxygens (including phenoxy) is 2. The summed E-state index contributed by atoms with van der Waals surface area (Å²) < 4.78 is 10.3. The second kappa shape index (κ2) is 55.0. The first-order chi connectivity index (χ1) is 58.1. The van der Waals surface area contributed by atoms with Crippen molar-refractivity contribution < 1.29 is 81.7 Å². The minimum absolute atomic E-state index is 0.0180. The van der Waals surface area contributed by atoms with Crippen molar-refractivity contribution in [1.29, 1.82) is 0 Å². The molecule has 0 aliphatic carbocycles. The summed E-state index contributed by atoms with van der Waals surface area (Å²) in [6.07, 6.45) is 6.51. The Labute approximate surface area is 726 Å². The van der Waals surface area contributed by atoms with Gasteiger partial charge in [-0.25, -0.2) is 14.4 Å². The van der Waals surface area contributed by atoms with E-state index >= 15 is 0 Å². The molecule has 2 aliphatic rings. The lowest BCUT2D eigenvalue weighted by Crippen LogP contribution is -2.53. The molecule has 0 radical (unpaired) electrons. The number of primary amides is 2. The molecule has 2 fully saturated rings. The highest BCUT2D eigenvalue weighted by Crippen LogP contribution is 2.27. The minimum atomic E-state index is -1.17. The van der Waals surface area contributed by atoms with E-state index in [-0.39, 0.29) is 116 Å². The van der Waals surface area contributed by atoms with Crippen molar-refractivity contribution in [3.8, 4) is 0 Å². The summed E-state index contributed by atoms with van der Waals surface area (Å²) in [5.74, 6) is -6.67. The Kier molecular flexibility index (Phi) is 47.0. The highest BCUT2D eigenvalue weighted by atomic mass is 16.6. The predicted octanol–water partition coefficient (Wildman–Crippen LogP) is 8.11. The Morgan fingerprint density at radius 1 is 0.447 bits per heavy atom. The molecule has 6 rings (SSSR count). The number of aliphatic carboxylic acids is 1. The maximum atomic E-state index is 14.1. The number of carboxylic acid groups (broad SMARTS) is 1. The number of carboxylic acids is 1. The second-order valence-corrected chi connectivity index (χ2v) is 35.5. The number of likely N-dealkylation sites (tertiary alicyclic amines) is 1. The van der Waals surface area contributed by atoms with Gasteiger partial charge in [-0.05, 0) is 210 Å². The maximum absolute atomic E-state index is 14.1. The van der Waals surface area contributed by atoms with E-state index in [2.05, 4.69) is 37.2 Å². The normalized spacial score (nSPS) is 15.6. The van der Waals surface area contributed by atoms with Crippen LogP contribution in [0.2, 0.25) is 0 Å². The summed E-state index contributed by atoms with van der Waals surface area (Å²) in [4.78, 5) is 180. The number of alkyl carbamates (subject to hydrolysis) is 2. The topological polar surface area (TPSA) is 495 Å². The van der Waals surface area contributed by atoms with Crippen LogP contribution in [0.25, 0.3) is 0 Å². The third-order valence-corrected chi connectivity index (χ3v) is 21.0. The fraction of sp³-hybridized carbons (Fsp3) is 0.591. The highest BCUT2D eigenvalue weighted by molar-refractivity contribution is 5.97. The fourth-order valence-corrected chi connectivity index (χ4v) is 14.6. The maximum Gasteiger partial charge on any atom is 0.408 e. The van der Waals surface area contributed by atoms with E-state index in [1.54, 1.807) is 46.4 Å². The summed E-state index contributed by atoms with van der Waals surface area (Å²) in [5, 5.41) is 29.6. The van der Waals surface area contributed by atoms with Crippen molar-refractivity contribution in [3.05, 3.63) is 144 Å². The quantitative estimate of drug-likeness (QED) is 0.0186. The van der Waals surface area contributed by atoms with Crippen molar-refractivity contribution in [3.63, 3.8) is 0 Å². The summed E-state index contributed by atoms with van der Waals surface area (Å²) in [7, 11) is 0. The van der Waals surface area contributed by atoms with Crippen molar-refractivity contribution >= 4 is 82.6 Å². The molecule has 2 aliphatic heterocycles. The van der Waals surface area contributed by atoms with Gasteiger partial charge >= 0.3 is 18.2 Å². The van der Waals surface area contributed by atoms with E-state index in [0.717, 1.165) is 48.2 Å². The van der Waals surface area contributed by atoms with Gasteiger partial charge in [0.15, 0.2) is 17.3 Å². The average Bonchev–Trinajstić information content (AvgIpc) is 0.786. The number of hydrogen-bond donors (Lipinski definition) is 13. The van der Waals surface area contributed by atoms with Gasteiger partial charge in [-0.2, -0.15) is 0 Å². The number of carbonyl (C=O) groups excluding carboxylic acids is 13. The van der Waals surface area contributed by atoms with E-state index in [4.69, 9.17) is 38.1 Å².